The standard InChI is InChI=1S/C23H21N3O2S/c1-28-19-9-6-16(7-10-19)20-14-26-18(15-29-23(26)24-20)8-11-22(27)25-13-12-17-4-2-3-5-21(17)25/h2-7,9-10,14-15H,8,11-13H2,1H3. The minimum absolute atomic E-state index is 0.185. The summed E-state index contributed by atoms with van der Waals surface area (Å²) in [7, 11) is 1.66. The highest BCUT2D eigenvalue weighted by atomic mass is 32.1. The first-order valence-corrected chi connectivity index (χ1v) is 10.6. The van der Waals surface area contributed by atoms with Gasteiger partial charge in [0.05, 0.1) is 12.8 Å². The number of benzene rings is 2. The Bertz CT molecular complexity index is 1180. The number of thiazole rings is 1. The molecule has 0 bridgehead atoms. The van der Waals surface area contributed by atoms with Crippen molar-refractivity contribution < 1.29 is 9.53 Å². The highest BCUT2D eigenvalue weighted by Crippen LogP contribution is 2.29. The molecule has 0 atom stereocenters. The Kier molecular flexibility index (Phi) is 4.56. The summed E-state index contributed by atoms with van der Waals surface area (Å²) in [5.74, 6) is 1.02. The fraction of sp³-hybridized carbons (Fsp3) is 0.217. The zero-order chi connectivity index (χ0) is 19.8. The molecule has 0 aliphatic carbocycles. The van der Waals surface area contributed by atoms with E-state index in [4.69, 9.17) is 9.72 Å². The van der Waals surface area contributed by atoms with Crippen molar-refractivity contribution in [3.8, 4) is 17.0 Å². The minimum atomic E-state index is 0.185. The maximum Gasteiger partial charge on any atom is 0.227 e. The lowest BCUT2D eigenvalue weighted by atomic mass is 10.1. The van der Waals surface area contributed by atoms with Gasteiger partial charge in [-0.05, 0) is 48.7 Å². The number of carbonyl (C=O) groups is 1. The van der Waals surface area contributed by atoms with E-state index in [1.807, 2.05) is 47.4 Å². The predicted octanol–water partition coefficient (Wildman–Crippen LogP) is 4.59. The molecule has 29 heavy (non-hydrogen) atoms. The van der Waals surface area contributed by atoms with Gasteiger partial charge in [0.25, 0.3) is 0 Å². The lowest BCUT2D eigenvalue weighted by Gasteiger charge is -2.17. The number of hydrogen-bond acceptors (Lipinski definition) is 4. The molecule has 0 spiro atoms. The van der Waals surface area contributed by atoms with E-state index in [0.717, 1.165) is 46.3 Å². The highest BCUT2D eigenvalue weighted by molar-refractivity contribution is 7.15. The molecule has 1 aliphatic heterocycles. The Labute approximate surface area is 173 Å². The van der Waals surface area contributed by atoms with E-state index in [-0.39, 0.29) is 5.91 Å². The number of carbonyl (C=O) groups excluding carboxylic acids is 1. The Morgan fingerprint density at radius 1 is 1.17 bits per heavy atom. The number of amides is 1. The van der Waals surface area contributed by atoms with Crippen LogP contribution in [0.1, 0.15) is 17.7 Å². The van der Waals surface area contributed by atoms with Gasteiger partial charge in [0.15, 0.2) is 4.96 Å². The molecule has 5 rings (SSSR count). The number of anilines is 1. The molecule has 3 heterocycles. The van der Waals surface area contributed by atoms with Gasteiger partial charge in [0.2, 0.25) is 5.91 Å². The van der Waals surface area contributed by atoms with E-state index in [2.05, 4.69) is 22.0 Å². The summed E-state index contributed by atoms with van der Waals surface area (Å²) in [6.45, 7) is 0.782. The number of para-hydroxylation sites is 1. The van der Waals surface area contributed by atoms with Crippen LogP contribution in [0.25, 0.3) is 16.2 Å². The monoisotopic (exact) mass is 403 g/mol. The molecule has 0 N–H and O–H groups in total. The van der Waals surface area contributed by atoms with Crippen molar-refractivity contribution in [2.45, 2.75) is 19.3 Å². The number of ether oxygens (including phenoxy) is 1. The predicted molar refractivity (Wildman–Crippen MR) is 116 cm³/mol. The molecule has 0 saturated heterocycles. The number of methoxy groups -OCH3 is 1. The molecule has 1 aliphatic rings. The number of imidazole rings is 1. The lowest BCUT2D eigenvalue weighted by molar-refractivity contribution is -0.118. The van der Waals surface area contributed by atoms with Gasteiger partial charge in [-0.25, -0.2) is 4.98 Å². The second kappa shape index (κ2) is 7.37. The van der Waals surface area contributed by atoms with Crippen LogP contribution in [0.3, 0.4) is 0 Å². The third kappa shape index (κ3) is 3.29. The number of rotatable bonds is 5. The fourth-order valence-corrected chi connectivity index (χ4v) is 4.78. The SMILES string of the molecule is COc1ccc(-c2cn3c(CCC(=O)N4CCc5ccccc54)csc3n2)cc1. The second-order valence-corrected chi connectivity index (χ2v) is 7.99. The summed E-state index contributed by atoms with van der Waals surface area (Å²) in [5.41, 5.74) is 5.44. The lowest BCUT2D eigenvalue weighted by Crippen LogP contribution is -2.29. The number of hydrogen-bond donors (Lipinski definition) is 0. The number of aromatic nitrogens is 2. The van der Waals surface area contributed by atoms with Gasteiger partial charge in [-0.15, -0.1) is 11.3 Å². The Hall–Kier alpha value is -3.12. The summed E-state index contributed by atoms with van der Waals surface area (Å²) < 4.78 is 7.33. The first-order chi connectivity index (χ1) is 14.2. The van der Waals surface area contributed by atoms with Gasteiger partial charge >= 0.3 is 0 Å². The van der Waals surface area contributed by atoms with Gasteiger partial charge in [-0.2, -0.15) is 0 Å². The van der Waals surface area contributed by atoms with Crippen molar-refractivity contribution >= 4 is 27.9 Å². The van der Waals surface area contributed by atoms with Crippen molar-refractivity contribution in [1.82, 2.24) is 9.38 Å². The largest absolute Gasteiger partial charge is 0.497 e. The topological polar surface area (TPSA) is 46.8 Å². The van der Waals surface area contributed by atoms with E-state index in [1.165, 1.54) is 5.56 Å². The molecule has 5 nitrogen and oxygen atoms in total. The summed E-state index contributed by atoms with van der Waals surface area (Å²) in [6, 6.07) is 16.1. The van der Waals surface area contributed by atoms with Crippen LogP contribution in [0.2, 0.25) is 0 Å². The molecule has 0 radical (unpaired) electrons. The van der Waals surface area contributed by atoms with Crippen LogP contribution >= 0.6 is 11.3 Å². The molecular formula is C23H21N3O2S. The minimum Gasteiger partial charge on any atom is -0.497 e. The first kappa shape index (κ1) is 17.9. The molecule has 2 aromatic heterocycles. The highest BCUT2D eigenvalue weighted by Gasteiger charge is 2.24. The average molecular weight is 404 g/mol. The van der Waals surface area contributed by atoms with E-state index in [0.29, 0.717) is 12.8 Å². The smallest absolute Gasteiger partial charge is 0.227 e. The van der Waals surface area contributed by atoms with Crippen molar-refractivity contribution in [2.75, 3.05) is 18.6 Å². The van der Waals surface area contributed by atoms with Gasteiger partial charge in [-0.1, -0.05) is 18.2 Å². The molecular weight excluding hydrogens is 382 g/mol. The molecule has 146 valence electrons. The van der Waals surface area contributed by atoms with Crippen LogP contribution in [0.5, 0.6) is 5.75 Å². The number of fused-ring (bicyclic) bond motifs is 2. The normalized spacial score (nSPS) is 13.1. The third-order valence-corrected chi connectivity index (χ3v) is 6.34. The van der Waals surface area contributed by atoms with Crippen LogP contribution in [0, 0.1) is 0 Å². The average Bonchev–Trinajstić information content (AvgIpc) is 3.46. The van der Waals surface area contributed by atoms with Crippen LogP contribution in [-0.4, -0.2) is 28.9 Å². The molecule has 0 fully saturated rings. The number of aryl methyl sites for hydroxylation is 1. The van der Waals surface area contributed by atoms with E-state index >= 15 is 0 Å². The van der Waals surface area contributed by atoms with Gasteiger partial charge < -0.3 is 9.64 Å². The quantitative estimate of drug-likeness (QED) is 0.490. The van der Waals surface area contributed by atoms with Crippen LogP contribution in [-0.2, 0) is 17.6 Å². The van der Waals surface area contributed by atoms with Crippen LogP contribution < -0.4 is 9.64 Å². The van der Waals surface area contributed by atoms with Gasteiger partial charge in [0.1, 0.15) is 5.75 Å². The molecule has 2 aromatic carbocycles. The fourth-order valence-electron chi connectivity index (χ4n) is 3.88. The summed E-state index contributed by atoms with van der Waals surface area (Å²) in [5, 5.41) is 2.10. The molecule has 0 saturated carbocycles. The summed E-state index contributed by atoms with van der Waals surface area (Å²) in [6.07, 6.45) is 4.20. The van der Waals surface area contributed by atoms with Crippen molar-refractivity contribution in [3.63, 3.8) is 0 Å². The van der Waals surface area contributed by atoms with E-state index in [9.17, 15) is 4.79 Å². The van der Waals surface area contributed by atoms with Crippen LogP contribution in [0.4, 0.5) is 5.69 Å². The van der Waals surface area contributed by atoms with Crippen LogP contribution in [0.15, 0.2) is 60.1 Å². The molecule has 1 amide bonds. The Morgan fingerprint density at radius 2 is 2.00 bits per heavy atom. The summed E-state index contributed by atoms with van der Waals surface area (Å²) >= 11 is 1.61. The zero-order valence-corrected chi connectivity index (χ0v) is 17.0. The Morgan fingerprint density at radius 3 is 2.83 bits per heavy atom. The van der Waals surface area contributed by atoms with E-state index in [1.54, 1.807) is 18.4 Å². The van der Waals surface area contributed by atoms with Gasteiger partial charge in [-0.3, -0.25) is 9.20 Å². The molecule has 4 aromatic rings. The number of nitrogens with zero attached hydrogens (tertiary/aromatic N) is 3. The van der Waals surface area contributed by atoms with Crippen molar-refractivity contribution in [1.29, 1.82) is 0 Å². The molecule has 6 heteroatoms. The third-order valence-electron chi connectivity index (χ3n) is 5.45. The van der Waals surface area contributed by atoms with Crippen molar-refractivity contribution in [2.24, 2.45) is 0 Å². The Balaban J connectivity index is 1.32. The van der Waals surface area contributed by atoms with Crippen molar-refractivity contribution in [3.05, 3.63) is 71.4 Å². The zero-order valence-electron chi connectivity index (χ0n) is 16.2. The van der Waals surface area contributed by atoms with E-state index < -0.39 is 0 Å². The molecule has 0 unspecified atom stereocenters. The second-order valence-electron chi connectivity index (χ2n) is 7.16. The first-order valence-electron chi connectivity index (χ1n) is 9.71. The summed E-state index contributed by atoms with van der Waals surface area (Å²) in [4.78, 5) is 20.4. The maximum absolute atomic E-state index is 12.8. The van der Waals surface area contributed by atoms with Gasteiger partial charge in [0, 0.05) is 41.5 Å². The maximum atomic E-state index is 12.8.